The van der Waals surface area contributed by atoms with Crippen molar-refractivity contribution in [1.82, 2.24) is 4.98 Å². The van der Waals surface area contributed by atoms with Crippen LogP contribution in [0.15, 0.2) is 72.8 Å². The summed E-state index contributed by atoms with van der Waals surface area (Å²) < 4.78 is 6.94. The first kappa shape index (κ1) is 18.2. The summed E-state index contributed by atoms with van der Waals surface area (Å²) in [4.78, 5) is 4.57. The summed E-state index contributed by atoms with van der Waals surface area (Å²) in [5, 5.41) is 11.0. The minimum atomic E-state index is 0.452. The van der Waals surface area contributed by atoms with E-state index >= 15 is 0 Å². The van der Waals surface area contributed by atoms with E-state index < -0.39 is 0 Å². The van der Waals surface area contributed by atoms with E-state index in [9.17, 15) is 5.26 Å². The van der Waals surface area contributed by atoms with Gasteiger partial charge in [-0.25, -0.2) is 4.98 Å². The predicted octanol–water partition coefficient (Wildman–Crippen LogP) is 6.59. The van der Waals surface area contributed by atoms with Crippen LogP contribution in [0.25, 0.3) is 21.9 Å². The Morgan fingerprint density at radius 1 is 1.07 bits per heavy atom. The SMILES string of the molecule is N#CC(=Cc1cccc(OCc2ccc(Cl)cc2)c1)c1nc2ccccc2s1. The molecule has 1 heterocycles. The first-order valence-corrected chi connectivity index (χ1v) is 9.86. The van der Waals surface area contributed by atoms with Gasteiger partial charge in [-0.15, -0.1) is 11.3 Å². The number of rotatable bonds is 5. The lowest BCUT2D eigenvalue weighted by molar-refractivity contribution is 0.306. The number of nitrogens with zero attached hydrogens (tertiary/aromatic N) is 2. The first-order valence-electron chi connectivity index (χ1n) is 8.66. The molecule has 1 aromatic heterocycles. The molecule has 0 aliphatic rings. The molecule has 0 N–H and O–H groups in total. The molecule has 0 amide bonds. The van der Waals surface area contributed by atoms with Crippen LogP contribution in [-0.2, 0) is 6.61 Å². The Balaban J connectivity index is 1.55. The molecule has 0 aliphatic heterocycles. The van der Waals surface area contributed by atoms with Crippen molar-refractivity contribution in [2.24, 2.45) is 0 Å². The minimum Gasteiger partial charge on any atom is -0.489 e. The maximum absolute atomic E-state index is 9.62. The van der Waals surface area contributed by atoms with E-state index in [1.54, 1.807) is 0 Å². The van der Waals surface area contributed by atoms with Crippen LogP contribution in [0.4, 0.5) is 0 Å². The molecule has 5 heteroatoms. The largest absolute Gasteiger partial charge is 0.489 e. The normalized spacial score (nSPS) is 11.4. The Morgan fingerprint density at radius 3 is 2.68 bits per heavy atom. The van der Waals surface area contributed by atoms with Gasteiger partial charge in [0.25, 0.3) is 0 Å². The average Bonchev–Trinajstić information content (AvgIpc) is 3.16. The van der Waals surface area contributed by atoms with Crippen LogP contribution >= 0.6 is 22.9 Å². The number of nitriles is 1. The van der Waals surface area contributed by atoms with Crippen molar-refractivity contribution >= 4 is 44.8 Å². The van der Waals surface area contributed by atoms with E-state index in [2.05, 4.69) is 11.1 Å². The van der Waals surface area contributed by atoms with Crippen molar-refractivity contribution in [3.8, 4) is 11.8 Å². The number of allylic oxidation sites excluding steroid dienone is 1. The van der Waals surface area contributed by atoms with Gasteiger partial charge in [0, 0.05) is 5.02 Å². The molecule has 0 spiro atoms. The number of hydrogen-bond donors (Lipinski definition) is 0. The molecule has 28 heavy (non-hydrogen) atoms. The number of hydrogen-bond acceptors (Lipinski definition) is 4. The number of para-hydroxylation sites is 1. The molecule has 0 aliphatic carbocycles. The fourth-order valence-corrected chi connectivity index (χ4v) is 3.79. The highest BCUT2D eigenvalue weighted by molar-refractivity contribution is 7.19. The third-order valence-electron chi connectivity index (χ3n) is 4.13. The zero-order chi connectivity index (χ0) is 19.3. The van der Waals surface area contributed by atoms with Crippen molar-refractivity contribution in [2.75, 3.05) is 0 Å². The fourth-order valence-electron chi connectivity index (χ4n) is 2.74. The monoisotopic (exact) mass is 402 g/mol. The molecule has 0 bridgehead atoms. The molecule has 0 radical (unpaired) electrons. The molecule has 136 valence electrons. The van der Waals surface area contributed by atoms with Gasteiger partial charge in [0.15, 0.2) is 0 Å². The molecular formula is C23H15ClN2OS. The van der Waals surface area contributed by atoms with Gasteiger partial charge in [0.1, 0.15) is 23.4 Å². The molecule has 3 nitrogen and oxygen atoms in total. The van der Waals surface area contributed by atoms with E-state index in [4.69, 9.17) is 16.3 Å². The van der Waals surface area contributed by atoms with Gasteiger partial charge in [-0.2, -0.15) is 5.26 Å². The standard InChI is InChI=1S/C23H15ClN2OS/c24-19-10-8-16(9-11-19)15-27-20-5-3-4-17(13-20)12-18(14-25)23-26-21-6-1-2-7-22(21)28-23/h1-13H,15H2. The highest BCUT2D eigenvalue weighted by atomic mass is 35.5. The number of halogens is 1. The average molecular weight is 403 g/mol. The maximum Gasteiger partial charge on any atom is 0.135 e. The molecule has 0 fully saturated rings. The molecule has 4 aromatic rings. The summed E-state index contributed by atoms with van der Waals surface area (Å²) in [6, 6.07) is 25.4. The van der Waals surface area contributed by atoms with E-state index in [1.165, 1.54) is 11.3 Å². The van der Waals surface area contributed by atoms with E-state index in [-0.39, 0.29) is 0 Å². The zero-order valence-corrected chi connectivity index (χ0v) is 16.4. The second-order valence-corrected chi connectivity index (χ2v) is 7.61. The van der Waals surface area contributed by atoms with Crippen LogP contribution in [0.3, 0.4) is 0 Å². The molecule has 4 rings (SSSR count). The Kier molecular flexibility index (Phi) is 5.38. The van der Waals surface area contributed by atoms with Crippen molar-refractivity contribution in [3.63, 3.8) is 0 Å². The third-order valence-corrected chi connectivity index (χ3v) is 5.45. The molecule has 0 atom stereocenters. The van der Waals surface area contributed by atoms with Crippen LogP contribution in [0.5, 0.6) is 5.75 Å². The lowest BCUT2D eigenvalue weighted by atomic mass is 10.1. The van der Waals surface area contributed by atoms with Gasteiger partial charge in [-0.1, -0.05) is 48.0 Å². The number of fused-ring (bicyclic) bond motifs is 1. The van der Waals surface area contributed by atoms with Crippen LogP contribution in [0.2, 0.25) is 5.02 Å². The van der Waals surface area contributed by atoms with Crippen LogP contribution < -0.4 is 4.74 Å². The first-order chi connectivity index (χ1) is 13.7. The number of thiazole rings is 1. The fraction of sp³-hybridized carbons (Fsp3) is 0.0435. The van der Waals surface area contributed by atoms with E-state index in [0.717, 1.165) is 32.1 Å². The van der Waals surface area contributed by atoms with Crippen molar-refractivity contribution in [1.29, 1.82) is 5.26 Å². The summed E-state index contributed by atoms with van der Waals surface area (Å²) in [6.45, 7) is 0.452. The number of ether oxygens (including phenoxy) is 1. The lowest BCUT2D eigenvalue weighted by Gasteiger charge is -2.07. The highest BCUT2D eigenvalue weighted by Crippen LogP contribution is 2.28. The summed E-state index contributed by atoms with van der Waals surface area (Å²) in [5.74, 6) is 0.741. The van der Waals surface area contributed by atoms with Gasteiger partial charge in [-0.3, -0.25) is 0 Å². The zero-order valence-electron chi connectivity index (χ0n) is 14.8. The number of benzene rings is 3. The third kappa shape index (κ3) is 4.23. The Bertz CT molecular complexity index is 1160. The van der Waals surface area contributed by atoms with Gasteiger partial charge >= 0.3 is 0 Å². The Hall–Kier alpha value is -3.13. The maximum atomic E-state index is 9.62. The topological polar surface area (TPSA) is 45.9 Å². The summed E-state index contributed by atoms with van der Waals surface area (Å²) in [5.41, 5.74) is 3.38. The highest BCUT2D eigenvalue weighted by Gasteiger charge is 2.09. The predicted molar refractivity (Wildman–Crippen MR) is 115 cm³/mol. The molecule has 0 unspecified atom stereocenters. The second kappa shape index (κ2) is 8.26. The Morgan fingerprint density at radius 2 is 1.89 bits per heavy atom. The van der Waals surface area contributed by atoms with Gasteiger partial charge < -0.3 is 4.74 Å². The summed E-state index contributed by atoms with van der Waals surface area (Å²) in [6.07, 6.45) is 1.84. The molecule has 0 saturated carbocycles. The smallest absolute Gasteiger partial charge is 0.135 e. The number of aromatic nitrogens is 1. The van der Waals surface area contributed by atoms with Crippen LogP contribution in [-0.4, -0.2) is 4.98 Å². The lowest BCUT2D eigenvalue weighted by Crippen LogP contribution is -1.95. The second-order valence-electron chi connectivity index (χ2n) is 6.14. The van der Waals surface area contributed by atoms with E-state index in [0.29, 0.717) is 17.2 Å². The van der Waals surface area contributed by atoms with Crippen molar-refractivity contribution < 1.29 is 4.74 Å². The van der Waals surface area contributed by atoms with Crippen molar-refractivity contribution in [3.05, 3.63) is 94.0 Å². The quantitative estimate of drug-likeness (QED) is 0.353. The minimum absolute atomic E-state index is 0.452. The van der Waals surface area contributed by atoms with E-state index in [1.807, 2.05) is 78.9 Å². The van der Waals surface area contributed by atoms with Crippen LogP contribution in [0.1, 0.15) is 16.1 Å². The van der Waals surface area contributed by atoms with Crippen molar-refractivity contribution in [2.45, 2.75) is 6.61 Å². The van der Waals surface area contributed by atoms with Gasteiger partial charge in [0.2, 0.25) is 0 Å². The molecule has 0 saturated heterocycles. The molecule has 3 aromatic carbocycles. The van der Waals surface area contributed by atoms with Gasteiger partial charge in [-0.05, 0) is 53.6 Å². The Labute approximate surface area is 172 Å². The summed E-state index contributed by atoms with van der Waals surface area (Å²) in [7, 11) is 0. The summed E-state index contributed by atoms with van der Waals surface area (Å²) >= 11 is 7.43. The van der Waals surface area contributed by atoms with Gasteiger partial charge in [0.05, 0.1) is 15.8 Å². The van der Waals surface area contributed by atoms with Crippen LogP contribution in [0, 0.1) is 11.3 Å². The molecular weight excluding hydrogens is 388 g/mol.